The van der Waals surface area contributed by atoms with E-state index in [2.05, 4.69) is 27.5 Å². The molecule has 0 saturated heterocycles. The molecule has 0 atom stereocenters. The minimum atomic E-state index is -0.715. The summed E-state index contributed by atoms with van der Waals surface area (Å²) >= 11 is 1.64. The van der Waals surface area contributed by atoms with Gasteiger partial charge in [-0.05, 0) is 18.6 Å². The molecule has 1 aromatic heterocycles. The van der Waals surface area contributed by atoms with Gasteiger partial charge in [0.25, 0.3) is 0 Å². The number of hydrogen-bond donors (Lipinski definition) is 2. The molecule has 25 heavy (non-hydrogen) atoms. The Kier molecular flexibility index (Phi) is 9.65. The molecule has 138 valence electrons. The third-order valence-corrected chi connectivity index (χ3v) is 4.15. The maximum absolute atomic E-state index is 13.4. The maximum atomic E-state index is 13.4. The maximum Gasteiger partial charge on any atom is 0.191 e. The molecule has 0 spiro atoms. The lowest BCUT2D eigenvalue weighted by atomic mass is 10.3. The minimum absolute atomic E-state index is 0. The van der Waals surface area contributed by atoms with E-state index >= 15 is 0 Å². The van der Waals surface area contributed by atoms with Crippen LogP contribution < -0.4 is 15.4 Å². The van der Waals surface area contributed by atoms with Crippen LogP contribution in [0.5, 0.6) is 5.75 Å². The molecule has 2 N–H and O–H groups in total. The Labute approximate surface area is 166 Å². The highest BCUT2D eigenvalue weighted by Crippen LogP contribution is 2.17. The highest BCUT2D eigenvalue weighted by molar-refractivity contribution is 14.0. The quantitative estimate of drug-likeness (QED) is 0.275. The average molecular weight is 482 g/mol. The molecule has 0 aliphatic rings. The molecule has 0 unspecified atom stereocenters. The summed E-state index contributed by atoms with van der Waals surface area (Å²) in [4.78, 5) is 8.56. The summed E-state index contributed by atoms with van der Waals surface area (Å²) in [7, 11) is 1.66. The minimum Gasteiger partial charge on any atom is -0.489 e. The Morgan fingerprint density at radius 2 is 2.12 bits per heavy atom. The van der Waals surface area contributed by atoms with Crippen molar-refractivity contribution in [3.8, 4) is 5.75 Å². The number of aromatic nitrogens is 1. The molecule has 1 heterocycles. The number of ether oxygens (including phenoxy) is 1. The Bertz CT molecular complexity index is 697. The zero-order valence-electron chi connectivity index (χ0n) is 14.0. The average Bonchev–Trinajstić information content (AvgIpc) is 3.04. The Hall–Kier alpha value is -1.49. The van der Waals surface area contributed by atoms with Gasteiger partial charge >= 0.3 is 0 Å². The van der Waals surface area contributed by atoms with Crippen LogP contribution in [-0.4, -0.2) is 31.1 Å². The summed E-state index contributed by atoms with van der Waals surface area (Å²) in [6.45, 7) is 3.29. The number of benzene rings is 1. The van der Waals surface area contributed by atoms with Crippen molar-refractivity contribution in [2.75, 3.05) is 20.2 Å². The summed E-state index contributed by atoms with van der Waals surface area (Å²) in [5.74, 6) is -0.719. The van der Waals surface area contributed by atoms with E-state index in [0.717, 1.165) is 29.3 Å². The van der Waals surface area contributed by atoms with Crippen LogP contribution in [0, 0.1) is 11.6 Å². The fourth-order valence-electron chi connectivity index (χ4n) is 1.91. The van der Waals surface area contributed by atoms with E-state index in [4.69, 9.17) is 4.74 Å². The summed E-state index contributed by atoms with van der Waals surface area (Å²) < 4.78 is 31.5. The molecule has 9 heteroatoms. The largest absolute Gasteiger partial charge is 0.489 e. The van der Waals surface area contributed by atoms with Gasteiger partial charge in [0.1, 0.15) is 12.4 Å². The number of halogens is 3. The van der Waals surface area contributed by atoms with Gasteiger partial charge < -0.3 is 15.4 Å². The van der Waals surface area contributed by atoms with Gasteiger partial charge in [0, 0.05) is 18.5 Å². The number of guanidine groups is 1. The fourth-order valence-corrected chi connectivity index (χ4v) is 2.65. The van der Waals surface area contributed by atoms with Crippen LogP contribution in [0.4, 0.5) is 8.78 Å². The van der Waals surface area contributed by atoms with E-state index in [0.29, 0.717) is 19.0 Å². The molecule has 0 aliphatic heterocycles. The lowest BCUT2D eigenvalue weighted by molar-refractivity contribution is 0.304. The molecule has 0 saturated carbocycles. The first-order valence-corrected chi connectivity index (χ1v) is 8.46. The van der Waals surface area contributed by atoms with E-state index in [9.17, 15) is 8.78 Å². The standard InChI is InChI=1S/C16H20F2N4OS.HI/c1-3-15-22-12(10-24-15)9-21-16(19-2)20-6-7-23-14-5-4-11(17)8-13(14)18;/h4-5,8,10H,3,6-7,9H2,1-2H3,(H2,19,20,21);1H. The number of nitrogens with one attached hydrogen (secondary N) is 2. The molecule has 0 bridgehead atoms. The van der Waals surface area contributed by atoms with Crippen LogP contribution in [0.1, 0.15) is 17.6 Å². The summed E-state index contributed by atoms with van der Waals surface area (Å²) in [6, 6.07) is 3.22. The Morgan fingerprint density at radius 3 is 2.76 bits per heavy atom. The molecule has 0 fully saturated rings. The first kappa shape index (κ1) is 21.6. The molecule has 0 aliphatic carbocycles. The molecular formula is C16H21F2IN4OS. The second-order valence-corrected chi connectivity index (χ2v) is 5.80. The van der Waals surface area contributed by atoms with E-state index < -0.39 is 11.6 Å². The van der Waals surface area contributed by atoms with Crippen molar-refractivity contribution in [1.29, 1.82) is 0 Å². The van der Waals surface area contributed by atoms with Crippen LogP contribution in [0.3, 0.4) is 0 Å². The second kappa shape index (κ2) is 11.2. The van der Waals surface area contributed by atoms with Crippen LogP contribution in [0.15, 0.2) is 28.6 Å². The smallest absolute Gasteiger partial charge is 0.191 e. The topological polar surface area (TPSA) is 58.5 Å². The van der Waals surface area contributed by atoms with Gasteiger partial charge in [0.05, 0.1) is 23.8 Å². The monoisotopic (exact) mass is 482 g/mol. The third kappa shape index (κ3) is 7.10. The fraction of sp³-hybridized carbons (Fsp3) is 0.375. The zero-order valence-corrected chi connectivity index (χ0v) is 17.2. The zero-order chi connectivity index (χ0) is 17.4. The predicted octanol–water partition coefficient (Wildman–Crippen LogP) is 3.35. The van der Waals surface area contributed by atoms with Crippen LogP contribution >= 0.6 is 35.3 Å². The van der Waals surface area contributed by atoms with Gasteiger partial charge in [-0.25, -0.2) is 13.8 Å². The van der Waals surface area contributed by atoms with Gasteiger partial charge in [-0.2, -0.15) is 0 Å². The molecule has 2 rings (SSSR count). The van der Waals surface area contributed by atoms with Crippen molar-refractivity contribution < 1.29 is 13.5 Å². The van der Waals surface area contributed by atoms with Gasteiger partial charge in [-0.15, -0.1) is 35.3 Å². The van der Waals surface area contributed by atoms with Gasteiger partial charge in [0.2, 0.25) is 0 Å². The molecule has 1 aromatic carbocycles. The molecular weight excluding hydrogens is 461 g/mol. The number of rotatable bonds is 7. The van der Waals surface area contributed by atoms with Crippen LogP contribution in [0.2, 0.25) is 0 Å². The number of thiazole rings is 1. The Balaban J connectivity index is 0.00000312. The van der Waals surface area contributed by atoms with E-state index in [1.54, 1.807) is 18.4 Å². The summed E-state index contributed by atoms with van der Waals surface area (Å²) in [5, 5.41) is 9.31. The number of hydrogen-bond acceptors (Lipinski definition) is 4. The van der Waals surface area contributed by atoms with Crippen molar-refractivity contribution in [1.82, 2.24) is 15.6 Å². The lowest BCUT2D eigenvalue weighted by Crippen LogP contribution is -2.39. The van der Waals surface area contributed by atoms with Gasteiger partial charge in [-0.3, -0.25) is 4.99 Å². The van der Waals surface area contributed by atoms with Crippen molar-refractivity contribution in [2.24, 2.45) is 4.99 Å². The van der Waals surface area contributed by atoms with Crippen molar-refractivity contribution >= 4 is 41.3 Å². The second-order valence-electron chi connectivity index (χ2n) is 4.86. The van der Waals surface area contributed by atoms with Crippen LogP contribution in [0.25, 0.3) is 0 Å². The lowest BCUT2D eigenvalue weighted by Gasteiger charge is -2.12. The molecule has 5 nitrogen and oxygen atoms in total. The summed E-state index contributed by atoms with van der Waals surface area (Å²) in [6.07, 6.45) is 0.926. The van der Waals surface area contributed by atoms with Gasteiger partial charge in [-0.1, -0.05) is 6.92 Å². The summed E-state index contributed by atoms with van der Waals surface area (Å²) in [5.41, 5.74) is 0.962. The number of aryl methyl sites for hydroxylation is 1. The predicted molar refractivity (Wildman–Crippen MR) is 107 cm³/mol. The highest BCUT2D eigenvalue weighted by atomic mass is 127. The normalized spacial score (nSPS) is 11.0. The highest BCUT2D eigenvalue weighted by Gasteiger charge is 2.05. The molecule has 0 radical (unpaired) electrons. The van der Waals surface area contributed by atoms with E-state index in [1.807, 2.05) is 5.38 Å². The third-order valence-electron chi connectivity index (χ3n) is 3.11. The van der Waals surface area contributed by atoms with Crippen molar-refractivity contribution in [3.63, 3.8) is 0 Å². The molecule has 2 aromatic rings. The number of aliphatic imine (C=N–C) groups is 1. The van der Waals surface area contributed by atoms with E-state index in [1.165, 1.54) is 6.07 Å². The van der Waals surface area contributed by atoms with E-state index in [-0.39, 0.29) is 36.3 Å². The SMILES string of the molecule is CCc1nc(CNC(=NC)NCCOc2ccc(F)cc2F)cs1.I. The van der Waals surface area contributed by atoms with Crippen molar-refractivity contribution in [2.45, 2.75) is 19.9 Å². The number of nitrogens with zero attached hydrogens (tertiary/aromatic N) is 2. The first-order valence-electron chi connectivity index (χ1n) is 7.58. The van der Waals surface area contributed by atoms with Gasteiger partial charge in [0.15, 0.2) is 17.5 Å². The molecule has 0 amide bonds. The van der Waals surface area contributed by atoms with Crippen molar-refractivity contribution in [3.05, 3.63) is 45.9 Å². The van der Waals surface area contributed by atoms with Crippen LogP contribution in [-0.2, 0) is 13.0 Å². The first-order chi connectivity index (χ1) is 11.6. The Morgan fingerprint density at radius 1 is 1.32 bits per heavy atom.